The quantitative estimate of drug-likeness (QED) is 0.414. The van der Waals surface area contributed by atoms with Crippen LogP contribution >= 0.6 is 0 Å². The van der Waals surface area contributed by atoms with E-state index in [-0.39, 0.29) is 29.4 Å². The van der Waals surface area contributed by atoms with E-state index in [1.807, 2.05) is 13.8 Å². The van der Waals surface area contributed by atoms with Gasteiger partial charge < -0.3 is 9.69 Å². The Morgan fingerprint density at radius 2 is 1.12 bits per heavy atom. The standard InChI is InChI=1S/C12H19NO2.C9H15NO/c1-8(2)6-11(13-5)7-12(9(3)14)10(4)15;1-7(2)5-9(10-4)6-8(3)11/h8,11-12H,6-7H2,1-4H3;7,9H,5-6H2,1-3H3. The zero-order chi connectivity index (χ0) is 20.9. The summed E-state index contributed by atoms with van der Waals surface area (Å²) in [4.78, 5) is 39.9. The second-order valence-corrected chi connectivity index (χ2v) is 7.74. The van der Waals surface area contributed by atoms with Gasteiger partial charge in [-0.25, -0.2) is 13.1 Å². The fourth-order valence-corrected chi connectivity index (χ4v) is 2.69. The second kappa shape index (κ2) is 14.2. The van der Waals surface area contributed by atoms with Crippen molar-refractivity contribution in [1.82, 2.24) is 0 Å². The van der Waals surface area contributed by atoms with Crippen LogP contribution in [-0.2, 0) is 14.4 Å². The van der Waals surface area contributed by atoms with E-state index in [1.165, 1.54) is 13.8 Å². The zero-order valence-electron chi connectivity index (χ0n) is 17.3. The molecule has 0 rings (SSSR count). The van der Waals surface area contributed by atoms with Crippen LogP contribution < -0.4 is 0 Å². The number of carbonyl (C=O) groups is 3. The number of Topliss-reactive ketones (excluding diaryl/α,β-unsaturated/α-hetero) is 3. The van der Waals surface area contributed by atoms with Crippen molar-refractivity contribution in [2.75, 3.05) is 0 Å². The summed E-state index contributed by atoms with van der Waals surface area (Å²) < 4.78 is 0. The molecular formula is C21H34N2O3. The Morgan fingerprint density at radius 1 is 0.731 bits per heavy atom. The Kier molecular flexibility index (Phi) is 14.3. The van der Waals surface area contributed by atoms with Crippen LogP contribution in [0.25, 0.3) is 9.69 Å². The average molecular weight is 363 g/mol. The first-order chi connectivity index (χ1) is 11.9. The summed E-state index contributed by atoms with van der Waals surface area (Å²) in [5.74, 6) is 0.214. The van der Waals surface area contributed by atoms with Gasteiger partial charge in [-0.15, -0.1) is 0 Å². The molecule has 0 aliphatic rings. The number of ketones is 3. The van der Waals surface area contributed by atoms with Crippen LogP contribution in [0.2, 0.25) is 0 Å². The van der Waals surface area contributed by atoms with E-state index in [1.54, 1.807) is 6.92 Å². The van der Waals surface area contributed by atoms with Gasteiger partial charge in [0.2, 0.25) is 12.1 Å². The lowest BCUT2D eigenvalue weighted by atomic mass is 9.89. The molecule has 0 spiro atoms. The van der Waals surface area contributed by atoms with Crippen LogP contribution in [0.15, 0.2) is 0 Å². The Hall–Kier alpha value is -2.01. The molecule has 0 aliphatic heterocycles. The minimum atomic E-state index is -0.581. The molecule has 0 heterocycles. The maximum absolute atomic E-state index is 11.2. The van der Waals surface area contributed by atoms with Crippen molar-refractivity contribution in [2.45, 2.75) is 86.2 Å². The van der Waals surface area contributed by atoms with E-state index in [0.29, 0.717) is 24.7 Å². The number of carbonyl (C=O) groups excluding carboxylic acids is 3. The number of rotatable bonds is 10. The Bertz CT molecular complexity index is 524. The summed E-state index contributed by atoms with van der Waals surface area (Å²) in [6, 6.07) is -0.296. The van der Waals surface area contributed by atoms with Gasteiger partial charge in [0.15, 0.2) is 0 Å². The van der Waals surface area contributed by atoms with Crippen LogP contribution in [0.3, 0.4) is 0 Å². The lowest BCUT2D eigenvalue weighted by molar-refractivity contribution is -0.130. The van der Waals surface area contributed by atoms with E-state index in [2.05, 4.69) is 23.5 Å². The van der Waals surface area contributed by atoms with Gasteiger partial charge in [-0.1, -0.05) is 27.7 Å². The normalized spacial score (nSPS) is 12.6. The molecule has 0 aromatic rings. The summed E-state index contributed by atoms with van der Waals surface area (Å²) in [5, 5.41) is 0. The minimum Gasteiger partial charge on any atom is -0.314 e. The molecule has 0 aromatic heterocycles. The van der Waals surface area contributed by atoms with E-state index < -0.39 is 5.92 Å². The van der Waals surface area contributed by atoms with Crippen molar-refractivity contribution in [2.24, 2.45) is 17.8 Å². The van der Waals surface area contributed by atoms with Crippen LogP contribution in [0.4, 0.5) is 0 Å². The van der Waals surface area contributed by atoms with E-state index >= 15 is 0 Å². The van der Waals surface area contributed by atoms with E-state index in [9.17, 15) is 14.4 Å². The number of nitrogens with zero attached hydrogens (tertiary/aromatic N) is 2. The highest BCUT2D eigenvalue weighted by molar-refractivity contribution is 6.00. The first kappa shape index (κ1) is 26.2. The Morgan fingerprint density at radius 3 is 1.38 bits per heavy atom. The first-order valence-electron chi connectivity index (χ1n) is 9.17. The van der Waals surface area contributed by atoms with Gasteiger partial charge in [-0.3, -0.25) is 14.4 Å². The molecule has 0 radical (unpaired) electrons. The van der Waals surface area contributed by atoms with E-state index in [4.69, 9.17) is 13.1 Å². The SMILES string of the molecule is [C-]#[N+]C(CC(C)=O)CC(C)C.[C-]#[N+]C(CC(C)C)CC(C(C)=O)C(C)=O. The van der Waals surface area contributed by atoms with Crippen molar-refractivity contribution in [3.8, 4) is 0 Å². The van der Waals surface area contributed by atoms with Crippen molar-refractivity contribution >= 4 is 17.3 Å². The largest absolute Gasteiger partial charge is 0.314 e. The van der Waals surface area contributed by atoms with Crippen molar-refractivity contribution in [3.05, 3.63) is 22.8 Å². The Labute approximate surface area is 159 Å². The highest BCUT2D eigenvalue weighted by Gasteiger charge is 2.27. The predicted octanol–water partition coefficient (Wildman–Crippen LogP) is 4.80. The fourth-order valence-electron chi connectivity index (χ4n) is 2.69. The average Bonchev–Trinajstić information content (AvgIpc) is 2.49. The number of hydrogen-bond acceptors (Lipinski definition) is 3. The highest BCUT2D eigenvalue weighted by atomic mass is 16.1. The predicted molar refractivity (Wildman–Crippen MR) is 104 cm³/mol. The second-order valence-electron chi connectivity index (χ2n) is 7.74. The van der Waals surface area contributed by atoms with Crippen LogP contribution in [-0.4, -0.2) is 29.4 Å². The molecule has 0 amide bonds. The zero-order valence-corrected chi connectivity index (χ0v) is 17.3. The highest BCUT2D eigenvalue weighted by Crippen LogP contribution is 2.18. The van der Waals surface area contributed by atoms with Crippen molar-refractivity contribution in [1.29, 1.82) is 0 Å². The fraction of sp³-hybridized carbons (Fsp3) is 0.762. The maximum Gasteiger partial charge on any atom is 0.230 e. The summed E-state index contributed by atoms with van der Waals surface area (Å²) in [7, 11) is 0. The van der Waals surface area contributed by atoms with Crippen LogP contribution in [0.1, 0.15) is 74.1 Å². The van der Waals surface area contributed by atoms with Gasteiger partial charge in [-0.05, 0) is 32.6 Å². The maximum atomic E-state index is 11.2. The van der Waals surface area contributed by atoms with Gasteiger partial charge >= 0.3 is 0 Å². The number of hydrogen-bond donors (Lipinski definition) is 0. The molecule has 0 N–H and O–H groups in total. The monoisotopic (exact) mass is 362 g/mol. The van der Waals surface area contributed by atoms with Crippen LogP contribution in [0, 0.1) is 30.9 Å². The molecule has 2 atom stereocenters. The molecule has 0 aliphatic carbocycles. The first-order valence-corrected chi connectivity index (χ1v) is 9.17. The molecule has 0 saturated carbocycles. The Balaban J connectivity index is 0. The van der Waals surface area contributed by atoms with Gasteiger partial charge in [0, 0.05) is 19.3 Å². The molecule has 0 saturated heterocycles. The third-order valence-corrected chi connectivity index (χ3v) is 3.86. The summed E-state index contributed by atoms with van der Waals surface area (Å²) in [6.07, 6.45) is 2.39. The molecule has 2 unspecified atom stereocenters. The smallest absolute Gasteiger partial charge is 0.230 e. The van der Waals surface area contributed by atoms with Gasteiger partial charge in [-0.2, -0.15) is 0 Å². The molecular weight excluding hydrogens is 328 g/mol. The molecule has 0 bridgehead atoms. The summed E-state index contributed by atoms with van der Waals surface area (Å²) in [5.41, 5.74) is 0. The van der Waals surface area contributed by atoms with Crippen molar-refractivity contribution < 1.29 is 14.4 Å². The van der Waals surface area contributed by atoms with E-state index in [0.717, 1.165) is 12.8 Å². The topological polar surface area (TPSA) is 59.9 Å². The summed E-state index contributed by atoms with van der Waals surface area (Å²) >= 11 is 0. The van der Waals surface area contributed by atoms with Gasteiger partial charge in [0.05, 0.1) is 12.3 Å². The molecule has 146 valence electrons. The minimum absolute atomic E-state index is 0.0903. The van der Waals surface area contributed by atoms with Gasteiger partial charge in [0.1, 0.15) is 17.3 Å². The van der Waals surface area contributed by atoms with Crippen LogP contribution in [0.5, 0.6) is 0 Å². The van der Waals surface area contributed by atoms with Gasteiger partial charge in [0.25, 0.3) is 0 Å². The third-order valence-electron chi connectivity index (χ3n) is 3.86. The molecule has 0 aromatic carbocycles. The molecule has 5 nitrogen and oxygen atoms in total. The molecule has 26 heavy (non-hydrogen) atoms. The lowest BCUT2D eigenvalue weighted by Gasteiger charge is -2.13. The lowest BCUT2D eigenvalue weighted by Crippen LogP contribution is -2.24. The summed E-state index contributed by atoms with van der Waals surface area (Å²) in [6.45, 7) is 26.4. The molecule has 0 fully saturated rings. The van der Waals surface area contributed by atoms with Crippen molar-refractivity contribution in [3.63, 3.8) is 0 Å². The molecule has 5 heteroatoms. The third kappa shape index (κ3) is 14.3.